The van der Waals surface area contributed by atoms with Crippen molar-refractivity contribution in [2.24, 2.45) is 0 Å². The van der Waals surface area contributed by atoms with Crippen LogP contribution in [0.15, 0.2) is 54.6 Å². The van der Waals surface area contributed by atoms with Crippen LogP contribution >= 0.6 is 11.6 Å². The number of rotatable bonds is 3. The highest BCUT2D eigenvalue weighted by molar-refractivity contribution is 6.32. The van der Waals surface area contributed by atoms with Gasteiger partial charge in [0.25, 0.3) is 5.91 Å². The third kappa shape index (κ3) is 3.17. The smallest absolute Gasteiger partial charge is 0.255 e. The number of nitrogens with one attached hydrogen (secondary N) is 1. The fourth-order valence-electron chi connectivity index (χ4n) is 2.38. The van der Waals surface area contributed by atoms with Crippen LogP contribution in [0, 0.1) is 11.3 Å². The molecule has 24 heavy (non-hydrogen) atoms. The SMILES string of the molecule is COc1ccc2cc(C(=O)Nc3ccc(C#N)c(Cl)c3)ccc2c1. The van der Waals surface area contributed by atoms with Crippen molar-refractivity contribution in [1.29, 1.82) is 5.26 Å². The number of carbonyl (C=O) groups is 1. The van der Waals surface area contributed by atoms with Crippen LogP contribution in [0.5, 0.6) is 5.75 Å². The van der Waals surface area contributed by atoms with Gasteiger partial charge in [0, 0.05) is 11.3 Å². The van der Waals surface area contributed by atoms with Crippen LogP contribution in [-0.4, -0.2) is 13.0 Å². The minimum absolute atomic E-state index is 0.242. The zero-order valence-corrected chi connectivity index (χ0v) is 13.6. The van der Waals surface area contributed by atoms with E-state index in [2.05, 4.69) is 5.32 Å². The molecule has 5 heteroatoms. The zero-order valence-electron chi connectivity index (χ0n) is 12.8. The average Bonchev–Trinajstić information content (AvgIpc) is 2.61. The van der Waals surface area contributed by atoms with E-state index in [0.717, 1.165) is 16.5 Å². The number of fused-ring (bicyclic) bond motifs is 1. The van der Waals surface area contributed by atoms with Gasteiger partial charge in [-0.15, -0.1) is 0 Å². The highest BCUT2D eigenvalue weighted by Crippen LogP contribution is 2.23. The maximum absolute atomic E-state index is 12.4. The Morgan fingerprint density at radius 3 is 2.54 bits per heavy atom. The molecule has 0 radical (unpaired) electrons. The molecule has 4 nitrogen and oxygen atoms in total. The van der Waals surface area contributed by atoms with Gasteiger partial charge < -0.3 is 10.1 Å². The van der Waals surface area contributed by atoms with Gasteiger partial charge in [-0.2, -0.15) is 5.26 Å². The Bertz CT molecular complexity index is 977. The second-order valence-electron chi connectivity index (χ2n) is 5.19. The molecule has 0 fully saturated rings. The van der Waals surface area contributed by atoms with Gasteiger partial charge in [-0.1, -0.05) is 23.7 Å². The molecule has 3 aromatic carbocycles. The number of carbonyl (C=O) groups excluding carboxylic acids is 1. The van der Waals surface area contributed by atoms with Crippen LogP contribution in [-0.2, 0) is 0 Å². The van der Waals surface area contributed by atoms with Crippen molar-refractivity contribution in [1.82, 2.24) is 0 Å². The summed E-state index contributed by atoms with van der Waals surface area (Å²) in [6, 6.07) is 17.9. The summed E-state index contributed by atoms with van der Waals surface area (Å²) in [4.78, 5) is 12.4. The van der Waals surface area contributed by atoms with Gasteiger partial charge in [0.05, 0.1) is 17.7 Å². The van der Waals surface area contributed by atoms with Gasteiger partial charge in [0.15, 0.2) is 0 Å². The normalized spacial score (nSPS) is 10.2. The molecule has 0 unspecified atom stereocenters. The third-order valence-electron chi connectivity index (χ3n) is 3.66. The number of halogens is 1. The summed E-state index contributed by atoms with van der Waals surface area (Å²) < 4.78 is 5.19. The lowest BCUT2D eigenvalue weighted by Crippen LogP contribution is -2.11. The molecule has 0 aliphatic heterocycles. The summed E-state index contributed by atoms with van der Waals surface area (Å²) in [6.07, 6.45) is 0. The van der Waals surface area contributed by atoms with E-state index < -0.39 is 0 Å². The highest BCUT2D eigenvalue weighted by Gasteiger charge is 2.09. The molecular formula is C19H13ClN2O2. The summed E-state index contributed by atoms with van der Waals surface area (Å²) >= 11 is 5.98. The number of anilines is 1. The maximum Gasteiger partial charge on any atom is 0.255 e. The van der Waals surface area contributed by atoms with E-state index in [1.54, 1.807) is 31.4 Å². The van der Waals surface area contributed by atoms with E-state index in [0.29, 0.717) is 21.8 Å². The number of methoxy groups -OCH3 is 1. The standard InChI is InChI=1S/C19H13ClN2O2/c1-24-17-7-5-12-8-14(3-2-13(12)9-17)19(23)22-16-6-4-15(11-21)18(20)10-16/h2-10H,1H3,(H,22,23). The number of ether oxygens (including phenoxy) is 1. The molecule has 3 rings (SSSR count). The first-order valence-electron chi connectivity index (χ1n) is 7.19. The number of nitrogens with zero attached hydrogens (tertiary/aromatic N) is 1. The van der Waals surface area contributed by atoms with Crippen molar-refractivity contribution in [2.75, 3.05) is 12.4 Å². The minimum Gasteiger partial charge on any atom is -0.497 e. The highest BCUT2D eigenvalue weighted by atomic mass is 35.5. The van der Waals surface area contributed by atoms with Crippen molar-refractivity contribution in [3.63, 3.8) is 0 Å². The van der Waals surface area contributed by atoms with E-state index in [1.165, 1.54) is 0 Å². The Labute approximate surface area is 144 Å². The lowest BCUT2D eigenvalue weighted by atomic mass is 10.1. The van der Waals surface area contributed by atoms with Crippen LogP contribution in [0.3, 0.4) is 0 Å². The van der Waals surface area contributed by atoms with E-state index >= 15 is 0 Å². The summed E-state index contributed by atoms with van der Waals surface area (Å²) in [5, 5.41) is 13.9. The molecule has 0 spiro atoms. The molecule has 0 aliphatic rings. The molecule has 0 saturated heterocycles. The molecule has 3 aromatic rings. The first-order valence-corrected chi connectivity index (χ1v) is 7.57. The molecule has 0 aromatic heterocycles. The topological polar surface area (TPSA) is 62.1 Å². The number of hydrogen-bond donors (Lipinski definition) is 1. The Kier molecular flexibility index (Phi) is 4.37. The van der Waals surface area contributed by atoms with E-state index in [-0.39, 0.29) is 5.91 Å². The van der Waals surface area contributed by atoms with Gasteiger partial charge in [-0.05, 0) is 53.2 Å². The molecule has 0 saturated carbocycles. The molecular weight excluding hydrogens is 324 g/mol. The number of benzene rings is 3. The van der Waals surface area contributed by atoms with Crippen LogP contribution in [0.4, 0.5) is 5.69 Å². The summed E-state index contributed by atoms with van der Waals surface area (Å²) in [5.74, 6) is 0.528. The molecule has 0 bridgehead atoms. The van der Waals surface area contributed by atoms with E-state index in [4.69, 9.17) is 21.6 Å². The van der Waals surface area contributed by atoms with Gasteiger partial charge in [0.2, 0.25) is 0 Å². The monoisotopic (exact) mass is 336 g/mol. The molecule has 0 heterocycles. The quantitative estimate of drug-likeness (QED) is 0.758. The van der Waals surface area contributed by atoms with Crippen molar-refractivity contribution >= 4 is 34.0 Å². The molecule has 0 aliphatic carbocycles. The number of nitriles is 1. The summed E-state index contributed by atoms with van der Waals surface area (Å²) in [7, 11) is 1.62. The molecule has 0 atom stereocenters. The van der Waals surface area contributed by atoms with Crippen LogP contribution in [0.2, 0.25) is 5.02 Å². The predicted molar refractivity (Wildman–Crippen MR) is 94.6 cm³/mol. The Balaban J connectivity index is 1.86. The second kappa shape index (κ2) is 6.61. The largest absolute Gasteiger partial charge is 0.497 e. The van der Waals surface area contributed by atoms with Crippen molar-refractivity contribution in [2.45, 2.75) is 0 Å². The van der Waals surface area contributed by atoms with Crippen molar-refractivity contribution in [3.8, 4) is 11.8 Å². The van der Waals surface area contributed by atoms with Gasteiger partial charge in [-0.25, -0.2) is 0 Å². The molecule has 118 valence electrons. The van der Waals surface area contributed by atoms with Crippen molar-refractivity contribution < 1.29 is 9.53 Å². The summed E-state index contributed by atoms with van der Waals surface area (Å²) in [5.41, 5.74) is 1.45. The first kappa shape index (κ1) is 15.9. The van der Waals surface area contributed by atoms with Gasteiger partial charge >= 0.3 is 0 Å². The fraction of sp³-hybridized carbons (Fsp3) is 0.0526. The first-order chi connectivity index (χ1) is 11.6. The number of amides is 1. The van der Waals surface area contributed by atoms with Gasteiger partial charge in [0.1, 0.15) is 11.8 Å². The predicted octanol–water partition coefficient (Wildman–Crippen LogP) is 4.63. The summed E-state index contributed by atoms with van der Waals surface area (Å²) in [6.45, 7) is 0. The van der Waals surface area contributed by atoms with Crippen LogP contribution in [0.1, 0.15) is 15.9 Å². The molecule has 1 amide bonds. The van der Waals surface area contributed by atoms with Crippen LogP contribution < -0.4 is 10.1 Å². The van der Waals surface area contributed by atoms with Crippen molar-refractivity contribution in [3.05, 3.63) is 70.7 Å². The lowest BCUT2D eigenvalue weighted by Gasteiger charge is -2.08. The average molecular weight is 337 g/mol. The maximum atomic E-state index is 12.4. The Hall–Kier alpha value is -3.03. The van der Waals surface area contributed by atoms with Gasteiger partial charge in [-0.3, -0.25) is 4.79 Å². The zero-order chi connectivity index (χ0) is 17.1. The van der Waals surface area contributed by atoms with E-state index in [1.807, 2.05) is 36.4 Å². The third-order valence-corrected chi connectivity index (χ3v) is 3.97. The minimum atomic E-state index is -0.242. The molecule has 1 N–H and O–H groups in total. The number of hydrogen-bond acceptors (Lipinski definition) is 3. The van der Waals surface area contributed by atoms with Crippen LogP contribution in [0.25, 0.3) is 10.8 Å². The Morgan fingerprint density at radius 2 is 1.83 bits per heavy atom. The van der Waals surface area contributed by atoms with E-state index in [9.17, 15) is 4.79 Å². The fourth-order valence-corrected chi connectivity index (χ4v) is 2.60. The second-order valence-corrected chi connectivity index (χ2v) is 5.60. The lowest BCUT2D eigenvalue weighted by molar-refractivity contribution is 0.102. The Morgan fingerprint density at radius 1 is 1.08 bits per heavy atom.